The Morgan fingerprint density at radius 3 is 2.07 bits per heavy atom. The summed E-state index contributed by atoms with van der Waals surface area (Å²) in [5, 5.41) is 0. The van der Waals surface area contributed by atoms with Crippen LogP contribution in [0.4, 0.5) is 22.0 Å². The van der Waals surface area contributed by atoms with E-state index in [1.54, 1.807) is 0 Å². The number of halogens is 5. The van der Waals surface area contributed by atoms with Gasteiger partial charge in [0.25, 0.3) is 0 Å². The molecule has 0 aromatic carbocycles. The minimum atomic E-state index is -5.43. The zero-order chi connectivity index (χ0) is 11.4. The van der Waals surface area contributed by atoms with Gasteiger partial charge in [0.1, 0.15) is 0 Å². The standard InChI is InChI=1S/C4H5F5O4S/c5-3(6)1-2-12-14(10,11)13-4(7,8)9/h3H,1-2H2. The molecular formula is C4H5F5O4S. The fourth-order valence-electron chi connectivity index (χ4n) is 0.379. The van der Waals surface area contributed by atoms with Gasteiger partial charge in [-0.2, -0.15) is 8.42 Å². The molecule has 0 radical (unpaired) electrons. The molecular weight excluding hydrogens is 239 g/mol. The van der Waals surface area contributed by atoms with Crippen LogP contribution in [0.25, 0.3) is 0 Å². The number of hydrogen-bond donors (Lipinski definition) is 0. The van der Waals surface area contributed by atoms with Crippen LogP contribution in [0.15, 0.2) is 0 Å². The van der Waals surface area contributed by atoms with Crippen molar-refractivity contribution < 1.29 is 38.7 Å². The Labute approximate surface area is 75.9 Å². The molecule has 86 valence electrons. The van der Waals surface area contributed by atoms with Crippen LogP contribution in [0.1, 0.15) is 6.42 Å². The third-order valence-corrected chi connectivity index (χ3v) is 1.61. The van der Waals surface area contributed by atoms with Crippen molar-refractivity contribution in [1.82, 2.24) is 0 Å². The second-order valence-corrected chi connectivity index (χ2v) is 3.16. The van der Waals surface area contributed by atoms with Gasteiger partial charge in [-0.15, -0.1) is 17.4 Å². The Morgan fingerprint density at radius 1 is 1.21 bits per heavy atom. The lowest BCUT2D eigenvalue weighted by Crippen LogP contribution is -2.22. The molecule has 0 aliphatic heterocycles. The van der Waals surface area contributed by atoms with Gasteiger partial charge in [0.15, 0.2) is 0 Å². The Morgan fingerprint density at radius 2 is 1.71 bits per heavy atom. The highest BCUT2D eigenvalue weighted by Crippen LogP contribution is 2.20. The zero-order valence-electron chi connectivity index (χ0n) is 6.42. The van der Waals surface area contributed by atoms with Crippen LogP contribution in [-0.2, 0) is 18.8 Å². The monoisotopic (exact) mass is 244 g/mol. The fourth-order valence-corrected chi connectivity index (χ4v) is 0.959. The predicted molar refractivity (Wildman–Crippen MR) is 32.6 cm³/mol. The molecule has 0 aliphatic carbocycles. The molecule has 0 N–H and O–H groups in total. The van der Waals surface area contributed by atoms with Crippen molar-refractivity contribution in [2.24, 2.45) is 0 Å². The summed E-state index contributed by atoms with van der Waals surface area (Å²) in [5.41, 5.74) is 0. The highest BCUT2D eigenvalue weighted by atomic mass is 32.3. The van der Waals surface area contributed by atoms with Gasteiger partial charge >= 0.3 is 16.8 Å². The SMILES string of the molecule is O=S(=O)(OCCC(F)F)OC(F)(F)F. The van der Waals surface area contributed by atoms with E-state index in [2.05, 4.69) is 8.37 Å². The first-order valence-corrected chi connectivity index (χ1v) is 4.40. The average Bonchev–Trinajstić information content (AvgIpc) is 1.78. The number of hydrogen-bond acceptors (Lipinski definition) is 4. The van der Waals surface area contributed by atoms with Crippen LogP contribution in [0, 0.1) is 0 Å². The van der Waals surface area contributed by atoms with Gasteiger partial charge < -0.3 is 0 Å². The highest BCUT2D eigenvalue weighted by Gasteiger charge is 2.37. The Hall–Kier alpha value is -0.480. The van der Waals surface area contributed by atoms with Gasteiger partial charge in [-0.25, -0.2) is 13.0 Å². The van der Waals surface area contributed by atoms with Crippen molar-refractivity contribution in [3.05, 3.63) is 0 Å². The maximum atomic E-state index is 11.4. The first-order valence-electron chi connectivity index (χ1n) is 3.07. The summed E-state index contributed by atoms with van der Waals surface area (Å²) in [5.74, 6) is 0. The Kier molecular flexibility index (Phi) is 4.68. The van der Waals surface area contributed by atoms with Crippen molar-refractivity contribution in [3.63, 3.8) is 0 Å². The minimum Gasteiger partial charge on any atom is -0.248 e. The first-order chi connectivity index (χ1) is 6.12. The lowest BCUT2D eigenvalue weighted by atomic mass is 10.5. The van der Waals surface area contributed by atoms with Gasteiger partial charge in [0.05, 0.1) is 6.61 Å². The normalized spacial score (nSPS) is 13.6. The number of rotatable bonds is 5. The molecule has 0 atom stereocenters. The van der Waals surface area contributed by atoms with E-state index in [1.807, 2.05) is 0 Å². The van der Waals surface area contributed by atoms with Gasteiger partial charge in [-0.3, -0.25) is 0 Å². The third-order valence-electron chi connectivity index (χ3n) is 0.760. The number of alkyl halides is 5. The molecule has 10 heteroatoms. The maximum Gasteiger partial charge on any atom is 0.538 e. The highest BCUT2D eigenvalue weighted by molar-refractivity contribution is 7.81. The van der Waals surface area contributed by atoms with E-state index in [0.29, 0.717) is 0 Å². The van der Waals surface area contributed by atoms with Crippen molar-refractivity contribution in [1.29, 1.82) is 0 Å². The summed E-state index contributed by atoms with van der Waals surface area (Å²) in [6, 6.07) is 0. The largest absolute Gasteiger partial charge is 0.538 e. The topological polar surface area (TPSA) is 52.6 Å². The summed E-state index contributed by atoms with van der Waals surface area (Å²) in [7, 11) is -5.29. The molecule has 0 fully saturated rings. The van der Waals surface area contributed by atoms with Gasteiger partial charge in [0, 0.05) is 6.42 Å². The molecule has 0 heterocycles. The van der Waals surface area contributed by atoms with E-state index < -0.39 is 36.2 Å². The summed E-state index contributed by atoms with van der Waals surface area (Å²) < 4.78 is 83.2. The van der Waals surface area contributed by atoms with Crippen LogP contribution in [0.2, 0.25) is 0 Å². The molecule has 0 aliphatic rings. The molecule has 0 unspecified atom stereocenters. The summed E-state index contributed by atoms with van der Waals surface area (Å²) >= 11 is 0. The summed E-state index contributed by atoms with van der Waals surface area (Å²) in [6.45, 7) is -1.07. The zero-order valence-corrected chi connectivity index (χ0v) is 7.24. The molecule has 0 bridgehead atoms. The Bertz CT molecular complexity index is 257. The molecule has 0 spiro atoms. The molecule has 0 saturated carbocycles. The molecule has 0 rings (SSSR count). The second-order valence-electron chi connectivity index (χ2n) is 1.94. The van der Waals surface area contributed by atoms with Crippen molar-refractivity contribution in [3.8, 4) is 0 Å². The quantitative estimate of drug-likeness (QED) is 0.686. The smallest absolute Gasteiger partial charge is 0.248 e. The molecule has 0 saturated heterocycles. The third kappa shape index (κ3) is 8.13. The van der Waals surface area contributed by atoms with E-state index in [0.717, 1.165) is 0 Å². The summed E-state index contributed by atoms with van der Waals surface area (Å²) in [4.78, 5) is 0. The Balaban J connectivity index is 3.98. The van der Waals surface area contributed by atoms with Gasteiger partial charge in [0.2, 0.25) is 6.43 Å². The van der Waals surface area contributed by atoms with E-state index in [1.165, 1.54) is 0 Å². The van der Waals surface area contributed by atoms with E-state index in [9.17, 15) is 30.4 Å². The van der Waals surface area contributed by atoms with Crippen LogP contribution in [0.5, 0.6) is 0 Å². The lowest BCUT2D eigenvalue weighted by Gasteiger charge is -2.07. The van der Waals surface area contributed by atoms with Gasteiger partial charge in [-0.05, 0) is 0 Å². The lowest BCUT2D eigenvalue weighted by molar-refractivity contribution is -0.275. The average molecular weight is 244 g/mol. The molecule has 0 aromatic rings. The van der Waals surface area contributed by atoms with Crippen LogP contribution >= 0.6 is 0 Å². The van der Waals surface area contributed by atoms with E-state index in [4.69, 9.17) is 0 Å². The van der Waals surface area contributed by atoms with Crippen molar-refractivity contribution in [2.75, 3.05) is 6.61 Å². The van der Waals surface area contributed by atoms with Crippen molar-refractivity contribution in [2.45, 2.75) is 19.2 Å². The molecule has 0 amide bonds. The van der Waals surface area contributed by atoms with Crippen LogP contribution < -0.4 is 0 Å². The minimum absolute atomic E-state index is 1.000. The molecule has 0 aromatic heterocycles. The molecule has 4 nitrogen and oxygen atoms in total. The summed E-state index contributed by atoms with van der Waals surface area (Å²) in [6.07, 6.45) is -9.29. The van der Waals surface area contributed by atoms with Crippen LogP contribution in [0.3, 0.4) is 0 Å². The first kappa shape index (κ1) is 13.5. The maximum absolute atomic E-state index is 11.4. The van der Waals surface area contributed by atoms with Crippen molar-refractivity contribution >= 4 is 10.4 Å². The predicted octanol–water partition coefficient (Wildman–Crippen LogP) is 1.44. The van der Waals surface area contributed by atoms with Gasteiger partial charge in [-0.1, -0.05) is 0 Å². The molecule has 14 heavy (non-hydrogen) atoms. The van der Waals surface area contributed by atoms with E-state index >= 15 is 0 Å². The fraction of sp³-hybridized carbons (Fsp3) is 1.00. The van der Waals surface area contributed by atoms with Crippen LogP contribution in [-0.4, -0.2) is 27.8 Å². The van der Waals surface area contributed by atoms with E-state index in [-0.39, 0.29) is 0 Å². The second kappa shape index (κ2) is 4.84.